The zero-order valence-electron chi connectivity index (χ0n) is 9.16. The summed E-state index contributed by atoms with van der Waals surface area (Å²) in [6.07, 6.45) is 9.19. The van der Waals surface area contributed by atoms with Crippen molar-refractivity contribution in [2.24, 2.45) is 0 Å². The zero-order valence-corrected chi connectivity index (χ0v) is 9.16. The Morgan fingerprint density at radius 1 is 1.53 bits per heavy atom. The van der Waals surface area contributed by atoms with Crippen LogP contribution in [0.5, 0.6) is 0 Å². The maximum Gasteiger partial charge on any atom is 0.109 e. The van der Waals surface area contributed by atoms with E-state index in [1.165, 1.54) is 30.4 Å². The normalized spacial score (nSPS) is 20.4. The summed E-state index contributed by atoms with van der Waals surface area (Å²) in [5, 5.41) is 12.0. The molecule has 0 aliphatic heterocycles. The zero-order chi connectivity index (χ0) is 10.7. The fourth-order valence-electron chi connectivity index (χ4n) is 2.39. The molecule has 1 aromatic heterocycles. The van der Waals surface area contributed by atoms with Gasteiger partial charge in [-0.05, 0) is 37.4 Å². The second-order valence-corrected chi connectivity index (χ2v) is 4.16. The van der Waals surface area contributed by atoms with Crippen molar-refractivity contribution in [3.8, 4) is 6.07 Å². The highest BCUT2D eigenvalue weighted by atomic mass is 15.0. The second kappa shape index (κ2) is 4.50. The molecule has 2 rings (SSSR count). The standard InChI is InChI=1S/C12H17N3/c1-14-12-5-3-2-4-10-8-15(7-6-13)9-11(10)12/h8-9,12,14H,2-5,7H2,1H3. The van der Waals surface area contributed by atoms with Gasteiger partial charge < -0.3 is 9.88 Å². The van der Waals surface area contributed by atoms with Crippen molar-refractivity contribution in [1.29, 1.82) is 5.26 Å². The molecule has 0 fully saturated rings. The molecule has 3 heteroatoms. The van der Waals surface area contributed by atoms with Crippen LogP contribution in [0, 0.1) is 11.3 Å². The quantitative estimate of drug-likeness (QED) is 0.747. The average molecular weight is 203 g/mol. The third-order valence-corrected chi connectivity index (χ3v) is 3.16. The van der Waals surface area contributed by atoms with E-state index in [2.05, 4.69) is 23.8 Å². The van der Waals surface area contributed by atoms with Gasteiger partial charge >= 0.3 is 0 Å². The van der Waals surface area contributed by atoms with Gasteiger partial charge in [-0.1, -0.05) is 6.42 Å². The Balaban J connectivity index is 2.30. The van der Waals surface area contributed by atoms with Crippen LogP contribution in [0.2, 0.25) is 0 Å². The number of hydrogen-bond donors (Lipinski definition) is 1. The van der Waals surface area contributed by atoms with Gasteiger partial charge in [-0.15, -0.1) is 0 Å². The van der Waals surface area contributed by atoms with E-state index in [9.17, 15) is 0 Å². The van der Waals surface area contributed by atoms with Gasteiger partial charge in [0.1, 0.15) is 6.54 Å². The predicted molar refractivity (Wildman–Crippen MR) is 59.4 cm³/mol. The molecule has 1 unspecified atom stereocenters. The Morgan fingerprint density at radius 3 is 3.13 bits per heavy atom. The Labute approximate surface area is 90.7 Å². The third-order valence-electron chi connectivity index (χ3n) is 3.16. The Bertz CT molecular complexity index is 373. The number of nitriles is 1. The van der Waals surface area contributed by atoms with Crippen molar-refractivity contribution in [1.82, 2.24) is 9.88 Å². The van der Waals surface area contributed by atoms with E-state index in [-0.39, 0.29) is 0 Å². The molecule has 1 aliphatic carbocycles. The van der Waals surface area contributed by atoms with E-state index in [1.807, 2.05) is 11.6 Å². The monoisotopic (exact) mass is 203 g/mol. The molecule has 15 heavy (non-hydrogen) atoms. The molecule has 1 aliphatic rings. The van der Waals surface area contributed by atoms with Gasteiger partial charge in [-0.3, -0.25) is 0 Å². The summed E-state index contributed by atoms with van der Waals surface area (Å²) >= 11 is 0. The molecular weight excluding hydrogens is 186 g/mol. The second-order valence-electron chi connectivity index (χ2n) is 4.16. The van der Waals surface area contributed by atoms with Crippen LogP contribution < -0.4 is 5.32 Å². The van der Waals surface area contributed by atoms with E-state index in [0.29, 0.717) is 12.6 Å². The molecule has 0 spiro atoms. The van der Waals surface area contributed by atoms with Crippen LogP contribution in [0.1, 0.15) is 36.4 Å². The summed E-state index contributed by atoms with van der Waals surface area (Å²) in [4.78, 5) is 0. The van der Waals surface area contributed by atoms with Gasteiger partial charge in [0.15, 0.2) is 0 Å². The van der Waals surface area contributed by atoms with Gasteiger partial charge in [-0.25, -0.2) is 0 Å². The average Bonchev–Trinajstić information content (AvgIpc) is 2.53. The number of aromatic nitrogens is 1. The smallest absolute Gasteiger partial charge is 0.109 e. The molecule has 0 amide bonds. The van der Waals surface area contributed by atoms with Gasteiger partial charge in [-0.2, -0.15) is 5.26 Å². The van der Waals surface area contributed by atoms with Gasteiger partial charge in [0.25, 0.3) is 0 Å². The molecule has 1 N–H and O–H groups in total. The first-order chi connectivity index (χ1) is 7.35. The maximum atomic E-state index is 8.67. The summed E-state index contributed by atoms with van der Waals surface area (Å²) in [6, 6.07) is 2.66. The summed E-state index contributed by atoms with van der Waals surface area (Å²) in [7, 11) is 2.02. The van der Waals surface area contributed by atoms with Crippen molar-refractivity contribution < 1.29 is 0 Å². The van der Waals surface area contributed by atoms with Crippen molar-refractivity contribution in [3.63, 3.8) is 0 Å². The van der Waals surface area contributed by atoms with E-state index in [0.717, 1.165) is 6.42 Å². The Morgan fingerprint density at radius 2 is 2.40 bits per heavy atom. The van der Waals surface area contributed by atoms with Crippen molar-refractivity contribution in [3.05, 3.63) is 23.5 Å². The minimum Gasteiger partial charge on any atom is -0.340 e. The summed E-state index contributed by atoms with van der Waals surface area (Å²) in [6.45, 7) is 0.462. The molecule has 80 valence electrons. The lowest BCUT2D eigenvalue weighted by Crippen LogP contribution is -2.15. The van der Waals surface area contributed by atoms with E-state index in [1.54, 1.807) is 0 Å². The fourth-order valence-corrected chi connectivity index (χ4v) is 2.39. The van der Waals surface area contributed by atoms with Gasteiger partial charge in [0, 0.05) is 18.4 Å². The Hall–Kier alpha value is -1.27. The molecular formula is C12H17N3. The van der Waals surface area contributed by atoms with Crippen LogP contribution in [-0.2, 0) is 13.0 Å². The van der Waals surface area contributed by atoms with Gasteiger partial charge in [0.05, 0.1) is 6.07 Å². The first-order valence-corrected chi connectivity index (χ1v) is 5.58. The van der Waals surface area contributed by atoms with Crippen molar-refractivity contribution >= 4 is 0 Å². The summed E-state index contributed by atoms with van der Waals surface area (Å²) < 4.78 is 2.00. The predicted octanol–water partition coefficient (Wildman–Crippen LogP) is 2.00. The topological polar surface area (TPSA) is 40.8 Å². The van der Waals surface area contributed by atoms with Crippen LogP contribution in [0.25, 0.3) is 0 Å². The van der Waals surface area contributed by atoms with E-state index in [4.69, 9.17) is 5.26 Å². The third kappa shape index (κ3) is 2.05. The maximum absolute atomic E-state index is 8.67. The number of hydrogen-bond acceptors (Lipinski definition) is 2. The summed E-state index contributed by atoms with van der Waals surface area (Å²) in [5.41, 5.74) is 2.81. The molecule has 0 radical (unpaired) electrons. The van der Waals surface area contributed by atoms with Crippen molar-refractivity contribution in [2.45, 2.75) is 38.3 Å². The number of aryl methyl sites for hydroxylation is 1. The number of nitrogens with one attached hydrogen (secondary N) is 1. The van der Waals surface area contributed by atoms with Crippen LogP contribution in [0.4, 0.5) is 0 Å². The summed E-state index contributed by atoms with van der Waals surface area (Å²) in [5.74, 6) is 0. The molecule has 3 nitrogen and oxygen atoms in total. The first kappa shape index (κ1) is 10.3. The van der Waals surface area contributed by atoms with Crippen LogP contribution in [-0.4, -0.2) is 11.6 Å². The van der Waals surface area contributed by atoms with Crippen LogP contribution in [0.15, 0.2) is 12.4 Å². The van der Waals surface area contributed by atoms with E-state index < -0.39 is 0 Å². The van der Waals surface area contributed by atoms with E-state index >= 15 is 0 Å². The lowest BCUT2D eigenvalue weighted by Gasteiger charge is -2.13. The van der Waals surface area contributed by atoms with Crippen LogP contribution >= 0.6 is 0 Å². The molecule has 1 aromatic rings. The Kier molecular flexibility index (Phi) is 3.08. The SMILES string of the molecule is CNC1CCCCc2cn(CC#N)cc21. The largest absolute Gasteiger partial charge is 0.340 e. The highest BCUT2D eigenvalue weighted by molar-refractivity contribution is 5.29. The molecule has 0 bridgehead atoms. The number of fused-ring (bicyclic) bond motifs is 1. The molecule has 1 atom stereocenters. The molecule has 0 saturated heterocycles. The molecule has 1 heterocycles. The van der Waals surface area contributed by atoms with Crippen molar-refractivity contribution in [2.75, 3.05) is 7.05 Å². The minimum atomic E-state index is 0.462. The van der Waals surface area contributed by atoms with Crippen LogP contribution in [0.3, 0.4) is 0 Å². The number of rotatable bonds is 2. The number of nitrogens with zero attached hydrogens (tertiary/aromatic N) is 2. The molecule has 0 saturated carbocycles. The highest BCUT2D eigenvalue weighted by Crippen LogP contribution is 2.28. The fraction of sp³-hybridized carbons (Fsp3) is 0.583. The first-order valence-electron chi connectivity index (χ1n) is 5.58. The molecule has 0 aromatic carbocycles. The highest BCUT2D eigenvalue weighted by Gasteiger charge is 2.18. The van der Waals surface area contributed by atoms with Gasteiger partial charge in [0.2, 0.25) is 0 Å². The lowest BCUT2D eigenvalue weighted by atomic mass is 10.1. The lowest BCUT2D eigenvalue weighted by molar-refractivity contribution is 0.531. The minimum absolute atomic E-state index is 0.462.